The molecule has 0 saturated heterocycles. The van der Waals surface area contributed by atoms with E-state index in [-0.39, 0.29) is 5.75 Å². The fraction of sp³-hybridized carbons (Fsp3) is 0.267. The summed E-state index contributed by atoms with van der Waals surface area (Å²) in [6, 6.07) is 10.6. The van der Waals surface area contributed by atoms with E-state index in [4.69, 9.17) is 4.74 Å². The van der Waals surface area contributed by atoms with Gasteiger partial charge in [0.1, 0.15) is 11.4 Å². The maximum absolute atomic E-state index is 11.6. The van der Waals surface area contributed by atoms with Gasteiger partial charge in [-0.05, 0) is 32.9 Å². The standard InChI is InChI=1S/C15H18N2O3/c1-15(2,3)20-14(19)17-16-12-8-9-13(18)11-7-5-4-6-10(11)12/h4-9,16,18H,1-3H3,(H,17,19). The Labute approximate surface area is 117 Å². The summed E-state index contributed by atoms with van der Waals surface area (Å²) in [5.41, 5.74) is 5.41. The Hall–Kier alpha value is -2.43. The number of benzene rings is 2. The molecule has 5 heteroatoms. The van der Waals surface area contributed by atoms with Crippen LogP contribution in [0.25, 0.3) is 10.8 Å². The SMILES string of the molecule is CC(C)(C)OC(=O)NNc1ccc(O)c2ccccc12. The van der Waals surface area contributed by atoms with Gasteiger partial charge < -0.3 is 9.84 Å². The summed E-state index contributed by atoms with van der Waals surface area (Å²) in [6.07, 6.45) is -0.561. The van der Waals surface area contributed by atoms with E-state index >= 15 is 0 Å². The average Bonchev–Trinajstić information content (AvgIpc) is 2.36. The van der Waals surface area contributed by atoms with Crippen LogP contribution in [0.4, 0.5) is 10.5 Å². The molecule has 0 aliphatic heterocycles. The van der Waals surface area contributed by atoms with E-state index in [2.05, 4.69) is 10.9 Å². The number of aromatic hydroxyl groups is 1. The number of phenolic OH excluding ortho intramolecular Hbond substituents is 1. The van der Waals surface area contributed by atoms with Gasteiger partial charge in [-0.15, -0.1) is 0 Å². The van der Waals surface area contributed by atoms with Crippen molar-refractivity contribution >= 4 is 22.6 Å². The van der Waals surface area contributed by atoms with Crippen LogP contribution >= 0.6 is 0 Å². The van der Waals surface area contributed by atoms with E-state index in [0.717, 1.165) is 5.39 Å². The van der Waals surface area contributed by atoms with E-state index in [0.29, 0.717) is 11.1 Å². The number of hydrogen-bond donors (Lipinski definition) is 3. The highest BCUT2D eigenvalue weighted by Crippen LogP contribution is 2.30. The summed E-state index contributed by atoms with van der Waals surface area (Å²) < 4.78 is 5.13. The Morgan fingerprint density at radius 1 is 1.10 bits per heavy atom. The summed E-state index contributed by atoms with van der Waals surface area (Å²) in [5, 5.41) is 11.3. The number of nitrogens with one attached hydrogen (secondary N) is 2. The Morgan fingerprint density at radius 3 is 2.40 bits per heavy atom. The van der Waals surface area contributed by atoms with Crippen LogP contribution in [-0.2, 0) is 4.74 Å². The molecule has 0 saturated carbocycles. The molecule has 0 heterocycles. The lowest BCUT2D eigenvalue weighted by Crippen LogP contribution is -2.35. The van der Waals surface area contributed by atoms with Gasteiger partial charge in [-0.3, -0.25) is 5.43 Å². The monoisotopic (exact) mass is 274 g/mol. The minimum Gasteiger partial charge on any atom is -0.507 e. The van der Waals surface area contributed by atoms with Crippen LogP contribution in [0.2, 0.25) is 0 Å². The zero-order valence-electron chi connectivity index (χ0n) is 11.7. The molecule has 1 amide bonds. The number of fused-ring (bicyclic) bond motifs is 1. The number of carbonyl (C=O) groups is 1. The van der Waals surface area contributed by atoms with Crippen LogP contribution in [-0.4, -0.2) is 16.8 Å². The Balaban J connectivity index is 2.15. The zero-order valence-corrected chi connectivity index (χ0v) is 11.7. The summed E-state index contributed by atoms with van der Waals surface area (Å²) >= 11 is 0. The molecule has 5 nitrogen and oxygen atoms in total. The number of amides is 1. The molecule has 0 bridgehead atoms. The van der Waals surface area contributed by atoms with Crippen LogP contribution < -0.4 is 10.9 Å². The van der Waals surface area contributed by atoms with Crippen LogP contribution in [0.1, 0.15) is 20.8 Å². The molecule has 2 rings (SSSR count). The molecule has 0 radical (unpaired) electrons. The summed E-state index contributed by atoms with van der Waals surface area (Å²) in [5.74, 6) is 0.198. The second-order valence-corrected chi connectivity index (χ2v) is 5.43. The average molecular weight is 274 g/mol. The largest absolute Gasteiger partial charge is 0.507 e. The van der Waals surface area contributed by atoms with E-state index in [1.54, 1.807) is 32.9 Å². The number of ether oxygens (including phenoxy) is 1. The van der Waals surface area contributed by atoms with Crippen molar-refractivity contribution in [1.82, 2.24) is 5.43 Å². The Morgan fingerprint density at radius 2 is 1.75 bits per heavy atom. The van der Waals surface area contributed by atoms with Gasteiger partial charge in [0.15, 0.2) is 0 Å². The molecule has 0 aromatic heterocycles. The highest BCUT2D eigenvalue weighted by atomic mass is 16.6. The molecule has 0 aliphatic rings. The summed E-state index contributed by atoms with van der Waals surface area (Å²) in [4.78, 5) is 11.6. The van der Waals surface area contributed by atoms with Crippen molar-refractivity contribution in [1.29, 1.82) is 0 Å². The number of phenols is 1. The van der Waals surface area contributed by atoms with Crippen molar-refractivity contribution in [2.45, 2.75) is 26.4 Å². The highest BCUT2D eigenvalue weighted by molar-refractivity contribution is 5.97. The van der Waals surface area contributed by atoms with Crippen molar-refractivity contribution in [3.05, 3.63) is 36.4 Å². The van der Waals surface area contributed by atoms with E-state index in [1.165, 1.54) is 0 Å². The van der Waals surface area contributed by atoms with Crippen LogP contribution in [0, 0.1) is 0 Å². The first-order chi connectivity index (χ1) is 9.37. The van der Waals surface area contributed by atoms with Gasteiger partial charge in [0, 0.05) is 10.8 Å². The third-order valence-corrected chi connectivity index (χ3v) is 2.60. The van der Waals surface area contributed by atoms with Crippen molar-refractivity contribution in [2.75, 3.05) is 5.43 Å². The third-order valence-electron chi connectivity index (χ3n) is 2.60. The van der Waals surface area contributed by atoms with Crippen LogP contribution in [0.15, 0.2) is 36.4 Å². The van der Waals surface area contributed by atoms with Crippen LogP contribution in [0.5, 0.6) is 5.75 Å². The lowest BCUT2D eigenvalue weighted by Gasteiger charge is -2.20. The number of anilines is 1. The predicted molar refractivity (Wildman–Crippen MR) is 78.6 cm³/mol. The molecular weight excluding hydrogens is 256 g/mol. The Kier molecular flexibility index (Phi) is 3.70. The van der Waals surface area contributed by atoms with E-state index in [9.17, 15) is 9.90 Å². The fourth-order valence-corrected chi connectivity index (χ4v) is 1.81. The normalized spacial score (nSPS) is 11.2. The van der Waals surface area contributed by atoms with Gasteiger partial charge in [-0.2, -0.15) is 0 Å². The maximum Gasteiger partial charge on any atom is 0.426 e. The molecule has 0 fully saturated rings. The van der Waals surface area contributed by atoms with Gasteiger partial charge >= 0.3 is 6.09 Å². The molecular formula is C15H18N2O3. The van der Waals surface area contributed by atoms with Gasteiger partial charge in [0.05, 0.1) is 5.69 Å². The molecule has 2 aromatic carbocycles. The van der Waals surface area contributed by atoms with E-state index in [1.807, 2.05) is 24.3 Å². The number of rotatable bonds is 2. The fourth-order valence-electron chi connectivity index (χ4n) is 1.81. The lowest BCUT2D eigenvalue weighted by atomic mass is 10.1. The second-order valence-electron chi connectivity index (χ2n) is 5.43. The topological polar surface area (TPSA) is 70.6 Å². The van der Waals surface area contributed by atoms with Gasteiger partial charge in [0.25, 0.3) is 0 Å². The van der Waals surface area contributed by atoms with Crippen LogP contribution in [0.3, 0.4) is 0 Å². The van der Waals surface area contributed by atoms with Gasteiger partial charge in [-0.25, -0.2) is 10.2 Å². The first-order valence-corrected chi connectivity index (χ1v) is 6.32. The number of hydrazine groups is 1. The number of carbonyl (C=O) groups excluding carboxylic acids is 1. The molecule has 0 atom stereocenters. The first-order valence-electron chi connectivity index (χ1n) is 6.32. The summed E-state index contributed by atoms with van der Waals surface area (Å²) in [7, 11) is 0. The maximum atomic E-state index is 11.6. The molecule has 20 heavy (non-hydrogen) atoms. The molecule has 0 aliphatic carbocycles. The smallest absolute Gasteiger partial charge is 0.426 e. The summed E-state index contributed by atoms with van der Waals surface area (Å²) in [6.45, 7) is 5.38. The predicted octanol–water partition coefficient (Wildman–Crippen LogP) is 3.40. The van der Waals surface area contributed by atoms with E-state index < -0.39 is 11.7 Å². The van der Waals surface area contributed by atoms with Gasteiger partial charge in [0.2, 0.25) is 0 Å². The second kappa shape index (κ2) is 5.28. The first kappa shape index (κ1) is 14.0. The molecule has 0 spiro atoms. The molecule has 3 N–H and O–H groups in total. The third kappa shape index (κ3) is 3.32. The highest BCUT2D eigenvalue weighted by Gasteiger charge is 2.16. The van der Waals surface area contributed by atoms with Crippen molar-refractivity contribution in [2.24, 2.45) is 0 Å². The number of hydrogen-bond acceptors (Lipinski definition) is 4. The zero-order chi connectivity index (χ0) is 14.8. The Bertz CT molecular complexity index is 633. The molecule has 0 unspecified atom stereocenters. The molecule has 106 valence electrons. The van der Waals surface area contributed by atoms with Crippen molar-refractivity contribution < 1.29 is 14.6 Å². The van der Waals surface area contributed by atoms with Crippen molar-refractivity contribution in [3.63, 3.8) is 0 Å². The minimum atomic E-state index is -0.561. The minimum absolute atomic E-state index is 0.198. The quantitative estimate of drug-likeness (QED) is 0.580. The van der Waals surface area contributed by atoms with Crippen molar-refractivity contribution in [3.8, 4) is 5.75 Å². The lowest BCUT2D eigenvalue weighted by molar-refractivity contribution is 0.0541. The molecule has 2 aromatic rings. The van der Waals surface area contributed by atoms with Gasteiger partial charge in [-0.1, -0.05) is 24.3 Å².